The zero-order valence-electron chi connectivity index (χ0n) is 17.4. The summed E-state index contributed by atoms with van der Waals surface area (Å²) in [7, 11) is 0. The molecule has 6 nitrogen and oxygen atoms in total. The quantitative estimate of drug-likeness (QED) is 0.730. The van der Waals surface area contributed by atoms with Crippen LogP contribution in [0.15, 0.2) is 18.2 Å². The summed E-state index contributed by atoms with van der Waals surface area (Å²) < 4.78 is 0. The number of hydrogen-bond donors (Lipinski definition) is 2. The van der Waals surface area contributed by atoms with E-state index in [4.69, 9.17) is 5.73 Å². The van der Waals surface area contributed by atoms with Crippen molar-refractivity contribution in [2.45, 2.75) is 60.5 Å². The van der Waals surface area contributed by atoms with Crippen LogP contribution in [0.4, 0.5) is 10.6 Å². The summed E-state index contributed by atoms with van der Waals surface area (Å²) in [6.07, 6.45) is -0.926. The molecule has 0 radical (unpaired) electrons. The maximum absolute atomic E-state index is 12.4. The Balaban J connectivity index is 3.48. The van der Waals surface area contributed by atoms with E-state index in [0.29, 0.717) is 18.1 Å². The van der Waals surface area contributed by atoms with Crippen LogP contribution in [-0.2, 0) is 6.54 Å². The second kappa shape index (κ2) is 8.71. The first-order valence-corrected chi connectivity index (χ1v) is 9.43. The van der Waals surface area contributed by atoms with Crippen molar-refractivity contribution in [3.05, 3.63) is 23.9 Å². The van der Waals surface area contributed by atoms with Crippen molar-refractivity contribution in [3.63, 3.8) is 0 Å². The first-order valence-electron chi connectivity index (χ1n) is 9.43. The number of hydrogen-bond acceptors (Lipinski definition) is 4. The lowest BCUT2D eigenvalue weighted by Gasteiger charge is -2.55. The molecule has 0 aliphatic carbocycles. The second-order valence-electron chi connectivity index (χ2n) is 8.21. The highest BCUT2D eigenvalue weighted by molar-refractivity contribution is 5.66. The van der Waals surface area contributed by atoms with Gasteiger partial charge in [0.15, 0.2) is 0 Å². The summed E-state index contributed by atoms with van der Waals surface area (Å²) in [5.74, 6) is 0.530. The van der Waals surface area contributed by atoms with Gasteiger partial charge in [-0.15, -0.1) is 0 Å². The molecule has 0 bridgehead atoms. The van der Waals surface area contributed by atoms with Gasteiger partial charge < -0.3 is 15.7 Å². The van der Waals surface area contributed by atoms with Gasteiger partial charge in [-0.05, 0) is 36.6 Å². The van der Waals surface area contributed by atoms with E-state index >= 15 is 0 Å². The number of likely N-dealkylation sites (N-methyl/N-ethyl adjacent to an activating group) is 1. The summed E-state index contributed by atoms with van der Waals surface area (Å²) >= 11 is 0. The SMILES string of the molecule is CCN(CC)CC(C(C)C)(N(Cc1cccc(N)n1)C(=O)O)C(C)(C)C. The number of amides is 1. The Morgan fingerprint density at radius 2 is 1.81 bits per heavy atom. The molecule has 1 heterocycles. The first-order chi connectivity index (χ1) is 12.0. The second-order valence-corrected chi connectivity index (χ2v) is 8.21. The average molecular weight is 365 g/mol. The molecular formula is C20H36N4O2. The molecule has 6 heteroatoms. The summed E-state index contributed by atoms with van der Waals surface area (Å²) in [4.78, 5) is 20.6. The Morgan fingerprint density at radius 3 is 2.19 bits per heavy atom. The average Bonchev–Trinajstić information content (AvgIpc) is 2.53. The molecular weight excluding hydrogens is 328 g/mol. The summed E-state index contributed by atoms with van der Waals surface area (Å²) in [5, 5.41) is 10.2. The number of nitrogens with two attached hydrogens (primary N) is 1. The Morgan fingerprint density at radius 1 is 1.23 bits per heavy atom. The van der Waals surface area contributed by atoms with Crippen molar-refractivity contribution in [2.24, 2.45) is 11.3 Å². The molecule has 26 heavy (non-hydrogen) atoms. The van der Waals surface area contributed by atoms with Gasteiger partial charge in [0.2, 0.25) is 0 Å². The van der Waals surface area contributed by atoms with Crippen LogP contribution in [-0.4, -0.2) is 51.2 Å². The van der Waals surface area contributed by atoms with E-state index in [2.05, 4.69) is 58.4 Å². The van der Waals surface area contributed by atoms with E-state index in [9.17, 15) is 9.90 Å². The van der Waals surface area contributed by atoms with Gasteiger partial charge in [-0.3, -0.25) is 4.90 Å². The molecule has 1 rings (SSSR count). The van der Waals surface area contributed by atoms with Crippen molar-refractivity contribution in [1.29, 1.82) is 0 Å². The topological polar surface area (TPSA) is 82.7 Å². The Hall–Kier alpha value is -1.82. The lowest BCUT2D eigenvalue weighted by molar-refractivity contribution is -0.0574. The predicted molar refractivity (Wildman–Crippen MR) is 107 cm³/mol. The van der Waals surface area contributed by atoms with Gasteiger partial charge >= 0.3 is 6.09 Å². The van der Waals surface area contributed by atoms with Crippen LogP contribution in [0.1, 0.15) is 54.2 Å². The van der Waals surface area contributed by atoms with Crippen LogP contribution in [0.5, 0.6) is 0 Å². The van der Waals surface area contributed by atoms with Crippen molar-refractivity contribution in [1.82, 2.24) is 14.8 Å². The monoisotopic (exact) mass is 364 g/mol. The summed E-state index contributed by atoms with van der Waals surface area (Å²) in [6, 6.07) is 5.36. The highest BCUT2D eigenvalue weighted by Crippen LogP contribution is 2.43. The lowest BCUT2D eigenvalue weighted by atomic mass is 9.65. The molecule has 0 saturated heterocycles. The van der Waals surface area contributed by atoms with Gasteiger partial charge in [0.1, 0.15) is 5.82 Å². The number of aromatic nitrogens is 1. The van der Waals surface area contributed by atoms with Gasteiger partial charge in [0, 0.05) is 6.54 Å². The Bertz CT molecular complexity index is 594. The number of nitrogens with zero attached hydrogens (tertiary/aromatic N) is 3. The highest BCUT2D eigenvalue weighted by atomic mass is 16.4. The minimum absolute atomic E-state index is 0.125. The molecule has 148 valence electrons. The van der Waals surface area contributed by atoms with Gasteiger partial charge in [-0.25, -0.2) is 9.78 Å². The third-order valence-corrected chi connectivity index (χ3v) is 5.47. The molecule has 1 aromatic rings. The zero-order valence-corrected chi connectivity index (χ0v) is 17.4. The molecule has 3 N–H and O–H groups in total. The van der Waals surface area contributed by atoms with E-state index in [1.54, 1.807) is 11.0 Å². The van der Waals surface area contributed by atoms with Crippen molar-refractivity contribution in [3.8, 4) is 0 Å². The highest BCUT2D eigenvalue weighted by Gasteiger charge is 2.52. The van der Waals surface area contributed by atoms with E-state index in [-0.39, 0.29) is 17.9 Å². The van der Waals surface area contributed by atoms with Crippen molar-refractivity contribution >= 4 is 11.9 Å². The van der Waals surface area contributed by atoms with Crippen LogP contribution in [0.3, 0.4) is 0 Å². The maximum Gasteiger partial charge on any atom is 0.408 e. The van der Waals surface area contributed by atoms with E-state index in [1.807, 2.05) is 12.1 Å². The van der Waals surface area contributed by atoms with Crippen molar-refractivity contribution in [2.75, 3.05) is 25.4 Å². The Kier molecular flexibility index (Phi) is 7.45. The van der Waals surface area contributed by atoms with Gasteiger partial charge in [0.25, 0.3) is 0 Å². The molecule has 1 amide bonds. The fraction of sp³-hybridized carbons (Fsp3) is 0.700. The van der Waals surface area contributed by atoms with Crippen LogP contribution < -0.4 is 5.73 Å². The van der Waals surface area contributed by atoms with E-state index in [0.717, 1.165) is 13.1 Å². The first kappa shape index (κ1) is 22.2. The van der Waals surface area contributed by atoms with Gasteiger partial charge in [-0.1, -0.05) is 54.5 Å². The third-order valence-electron chi connectivity index (χ3n) is 5.47. The fourth-order valence-corrected chi connectivity index (χ4v) is 4.00. The molecule has 0 spiro atoms. The molecule has 0 aliphatic heterocycles. The number of rotatable bonds is 8. The molecule has 1 unspecified atom stereocenters. The molecule has 0 aromatic carbocycles. The third kappa shape index (κ3) is 4.67. The summed E-state index contributed by atoms with van der Waals surface area (Å²) in [5.41, 5.74) is 5.64. The number of anilines is 1. The molecule has 1 aromatic heterocycles. The van der Waals surface area contributed by atoms with E-state index in [1.165, 1.54) is 0 Å². The lowest BCUT2D eigenvalue weighted by Crippen LogP contribution is -2.66. The number of carboxylic acid groups (broad SMARTS) is 1. The molecule has 0 aliphatic rings. The maximum atomic E-state index is 12.4. The van der Waals surface area contributed by atoms with Crippen LogP contribution >= 0.6 is 0 Å². The van der Waals surface area contributed by atoms with Gasteiger partial charge in [-0.2, -0.15) is 0 Å². The molecule has 1 atom stereocenters. The minimum Gasteiger partial charge on any atom is -0.465 e. The fourth-order valence-electron chi connectivity index (χ4n) is 4.00. The predicted octanol–water partition coefficient (Wildman–Crippen LogP) is 3.93. The van der Waals surface area contributed by atoms with Crippen LogP contribution in [0, 0.1) is 11.3 Å². The minimum atomic E-state index is -0.926. The van der Waals surface area contributed by atoms with Crippen LogP contribution in [0.25, 0.3) is 0 Å². The number of carbonyl (C=O) groups is 1. The largest absolute Gasteiger partial charge is 0.465 e. The molecule has 0 saturated carbocycles. The number of nitrogen functional groups attached to an aromatic ring is 1. The van der Waals surface area contributed by atoms with E-state index < -0.39 is 11.6 Å². The zero-order chi connectivity index (χ0) is 20.1. The van der Waals surface area contributed by atoms with Crippen molar-refractivity contribution < 1.29 is 9.90 Å². The smallest absolute Gasteiger partial charge is 0.408 e. The standard InChI is InChI=1S/C20H36N4O2/c1-8-23(9-2)14-20(15(3)4,19(5,6)7)24(18(25)26)13-16-11-10-12-17(21)22-16/h10-12,15H,8-9,13-14H2,1-7H3,(H2,21,22)(H,25,26). The Labute approximate surface area is 158 Å². The van der Waals surface area contributed by atoms with Gasteiger partial charge in [0.05, 0.1) is 17.8 Å². The number of pyridine rings is 1. The summed E-state index contributed by atoms with van der Waals surface area (Å²) in [6.45, 7) is 17.5. The van der Waals surface area contributed by atoms with Crippen LogP contribution in [0.2, 0.25) is 0 Å². The normalized spacial score (nSPS) is 14.5. The molecule has 0 fully saturated rings.